The zero-order valence-electron chi connectivity index (χ0n) is 8.04. The quantitative estimate of drug-likeness (QED) is 0.689. The Morgan fingerprint density at radius 1 is 1.23 bits per heavy atom. The minimum atomic E-state index is -0.180. The van der Waals surface area contributed by atoms with Crippen LogP contribution in [0.15, 0.2) is 24.3 Å². The predicted octanol–water partition coefficient (Wildman–Crippen LogP) is 1.98. The Bertz CT molecular complexity index is 328. The molecule has 0 aliphatic heterocycles. The molecule has 2 rings (SSSR count). The minimum Gasteiger partial charge on any atom is -0.508 e. The van der Waals surface area contributed by atoms with E-state index in [1.54, 1.807) is 12.1 Å². The highest BCUT2D eigenvalue weighted by atomic mass is 16.3. The first-order valence-corrected chi connectivity index (χ1v) is 4.54. The molecular weight excluding hydrogens is 162 g/mol. The first kappa shape index (κ1) is 8.57. The van der Waals surface area contributed by atoms with Gasteiger partial charge in [-0.1, -0.05) is 26.0 Å². The van der Waals surface area contributed by atoms with Gasteiger partial charge in [-0.3, -0.25) is 0 Å². The maximum atomic E-state index is 9.13. The van der Waals surface area contributed by atoms with Gasteiger partial charge in [0, 0.05) is 5.54 Å². The third-order valence-corrected chi connectivity index (χ3v) is 3.19. The van der Waals surface area contributed by atoms with E-state index in [4.69, 9.17) is 10.8 Å². The fraction of sp³-hybridized carbons (Fsp3) is 0.455. The van der Waals surface area contributed by atoms with Gasteiger partial charge in [0.15, 0.2) is 0 Å². The Labute approximate surface area is 78.4 Å². The van der Waals surface area contributed by atoms with E-state index in [1.165, 1.54) is 0 Å². The first-order valence-electron chi connectivity index (χ1n) is 4.54. The lowest BCUT2D eigenvalue weighted by molar-refractivity contribution is 0.472. The normalized spacial score (nSPS) is 30.1. The summed E-state index contributed by atoms with van der Waals surface area (Å²) in [5.74, 6) is 0.297. The van der Waals surface area contributed by atoms with Gasteiger partial charge in [0.25, 0.3) is 0 Å². The lowest BCUT2D eigenvalue weighted by Crippen LogP contribution is -2.25. The SMILES string of the molecule is CC1(C)CC1(N)c1ccc(O)cc1. The van der Waals surface area contributed by atoms with E-state index in [9.17, 15) is 0 Å². The topological polar surface area (TPSA) is 46.2 Å². The van der Waals surface area contributed by atoms with E-state index in [1.807, 2.05) is 12.1 Å². The molecule has 2 nitrogen and oxygen atoms in total. The van der Waals surface area contributed by atoms with Crippen LogP contribution < -0.4 is 5.73 Å². The van der Waals surface area contributed by atoms with Crippen LogP contribution in [0.25, 0.3) is 0 Å². The van der Waals surface area contributed by atoms with Crippen LogP contribution in [0.4, 0.5) is 0 Å². The molecule has 0 amide bonds. The molecule has 0 spiro atoms. The van der Waals surface area contributed by atoms with E-state index in [-0.39, 0.29) is 11.0 Å². The maximum absolute atomic E-state index is 9.13. The van der Waals surface area contributed by atoms with Gasteiger partial charge in [-0.25, -0.2) is 0 Å². The monoisotopic (exact) mass is 177 g/mol. The van der Waals surface area contributed by atoms with E-state index >= 15 is 0 Å². The number of hydrogen-bond donors (Lipinski definition) is 2. The number of benzene rings is 1. The maximum Gasteiger partial charge on any atom is 0.115 e. The number of aromatic hydroxyl groups is 1. The summed E-state index contributed by atoms with van der Waals surface area (Å²) in [6, 6.07) is 7.20. The Balaban J connectivity index is 2.34. The molecule has 1 fully saturated rings. The molecule has 3 N–H and O–H groups in total. The second kappa shape index (κ2) is 2.26. The van der Waals surface area contributed by atoms with Crippen LogP contribution in [0.5, 0.6) is 5.75 Å². The van der Waals surface area contributed by atoms with Crippen molar-refractivity contribution in [3.8, 4) is 5.75 Å². The third-order valence-electron chi connectivity index (χ3n) is 3.19. The first-order chi connectivity index (χ1) is 5.96. The van der Waals surface area contributed by atoms with Gasteiger partial charge in [0.2, 0.25) is 0 Å². The minimum absolute atomic E-state index is 0.180. The molecule has 0 heterocycles. The Morgan fingerprint density at radius 2 is 1.69 bits per heavy atom. The molecule has 1 aromatic rings. The van der Waals surface area contributed by atoms with Crippen molar-refractivity contribution in [2.24, 2.45) is 11.1 Å². The number of nitrogens with two attached hydrogens (primary N) is 1. The fourth-order valence-corrected chi connectivity index (χ4v) is 1.90. The van der Waals surface area contributed by atoms with E-state index in [0.29, 0.717) is 5.75 Å². The van der Waals surface area contributed by atoms with Crippen molar-refractivity contribution in [2.75, 3.05) is 0 Å². The molecule has 0 radical (unpaired) electrons. The molecule has 2 heteroatoms. The molecule has 0 saturated heterocycles. The van der Waals surface area contributed by atoms with Crippen LogP contribution >= 0.6 is 0 Å². The molecular formula is C11H15NO. The average molecular weight is 177 g/mol. The standard InChI is InChI=1S/C11H15NO/c1-10(2)7-11(10,12)8-3-5-9(13)6-4-8/h3-6,13H,7,12H2,1-2H3. The molecule has 1 saturated carbocycles. The van der Waals surface area contributed by atoms with Crippen LogP contribution in [-0.4, -0.2) is 5.11 Å². The Morgan fingerprint density at radius 3 is 2.08 bits per heavy atom. The van der Waals surface area contributed by atoms with Crippen molar-refractivity contribution in [1.82, 2.24) is 0 Å². The molecule has 1 atom stereocenters. The summed E-state index contributed by atoms with van der Waals surface area (Å²) in [5.41, 5.74) is 7.35. The number of hydrogen-bond acceptors (Lipinski definition) is 2. The number of phenolic OH excluding ortho intramolecular Hbond substituents is 1. The molecule has 0 bridgehead atoms. The highest BCUT2D eigenvalue weighted by Crippen LogP contribution is 2.60. The Kier molecular flexibility index (Phi) is 1.49. The van der Waals surface area contributed by atoms with Crippen molar-refractivity contribution in [3.05, 3.63) is 29.8 Å². The largest absolute Gasteiger partial charge is 0.508 e. The summed E-state index contributed by atoms with van der Waals surface area (Å²) in [4.78, 5) is 0. The lowest BCUT2D eigenvalue weighted by Gasteiger charge is -2.15. The summed E-state index contributed by atoms with van der Waals surface area (Å²) in [7, 11) is 0. The Hall–Kier alpha value is -1.02. The van der Waals surface area contributed by atoms with Crippen molar-refractivity contribution < 1.29 is 5.11 Å². The molecule has 70 valence electrons. The second-order valence-electron chi connectivity index (χ2n) is 4.58. The fourth-order valence-electron chi connectivity index (χ4n) is 1.90. The second-order valence-corrected chi connectivity index (χ2v) is 4.58. The summed E-state index contributed by atoms with van der Waals surface area (Å²) < 4.78 is 0. The molecule has 1 aliphatic carbocycles. The van der Waals surface area contributed by atoms with Crippen molar-refractivity contribution in [1.29, 1.82) is 0 Å². The smallest absolute Gasteiger partial charge is 0.115 e. The predicted molar refractivity (Wildman–Crippen MR) is 52.4 cm³/mol. The lowest BCUT2D eigenvalue weighted by atomic mass is 9.97. The number of rotatable bonds is 1. The summed E-state index contributed by atoms with van der Waals surface area (Å²) in [5, 5.41) is 9.13. The number of phenols is 1. The van der Waals surface area contributed by atoms with Crippen LogP contribution in [0, 0.1) is 5.41 Å². The third kappa shape index (κ3) is 1.13. The van der Waals surface area contributed by atoms with Crippen LogP contribution in [0.2, 0.25) is 0 Å². The van der Waals surface area contributed by atoms with Gasteiger partial charge < -0.3 is 10.8 Å². The molecule has 13 heavy (non-hydrogen) atoms. The van der Waals surface area contributed by atoms with E-state index < -0.39 is 0 Å². The van der Waals surface area contributed by atoms with Gasteiger partial charge in [-0.15, -0.1) is 0 Å². The molecule has 1 aromatic carbocycles. The zero-order chi connectivity index (χ0) is 9.69. The van der Waals surface area contributed by atoms with Gasteiger partial charge in [-0.2, -0.15) is 0 Å². The van der Waals surface area contributed by atoms with Gasteiger partial charge in [-0.05, 0) is 29.5 Å². The molecule has 1 aliphatic rings. The molecule has 1 unspecified atom stereocenters. The zero-order valence-corrected chi connectivity index (χ0v) is 8.04. The highest BCUT2D eigenvalue weighted by Gasteiger charge is 2.59. The van der Waals surface area contributed by atoms with Gasteiger partial charge in [0.05, 0.1) is 0 Å². The van der Waals surface area contributed by atoms with E-state index in [0.717, 1.165) is 12.0 Å². The van der Waals surface area contributed by atoms with Gasteiger partial charge >= 0.3 is 0 Å². The summed E-state index contributed by atoms with van der Waals surface area (Å²) >= 11 is 0. The van der Waals surface area contributed by atoms with Crippen molar-refractivity contribution in [2.45, 2.75) is 25.8 Å². The van der Waals surface area contributed by atoms with Crippen molar-refractivity contribution in [3.63, 3.8) is 0 Å². The molecule has 0 aromatic heterocycles. The summed E-state index contributed by atoms with van der Waals surface area (Å²) in [6.07, 6.45) is 1.02. The van der Waals surface area contributed by atoms with E-state index in [2.05, 4.69) is 13.8 Å². The van der Waals surface area contributed by atoms with Crippen LogP contribution in [-0.2, 0) is 5.54 Å². The van der Waals surface area contributed by atoms with Crippen LogP contribution in [0.1, 0.15) is 25.8 Å². The average Bonchev–Trinajstić information content (AvgIpc) is 2.53. The van der Waals surface area contributed by atoms with Crippen molar-refractivity contribution >= 4 is 0 Å². The van der Waals surface area contributed by atoms with Crippen LogP contribution in [0.3, 0.4) is 0 Å². The summed E-state index contributed by atoms with van der Waals surface area (Å²) in [6.45, 7) is 4.33. The highest BCUT2D eigenvalue weighted by molar-refractivity contribution is 5.37. The van der Waals surface area contributed by atoms with Gasteiger partial charge in [0.1, 0.15) is 5.75 Å².